The lowest BCUT2D eigenvalue weighted by Crippen LogP contribution is -2.38. The number of carbonyl (C=O) groups excluding carboxylic acids is 2. The molecule has 1 aliphatic rings. The summed E-state index contributed by atoms with van der Waals surface area (Å²) in [5.41, 5.74) is 1.47. The van der Waals surface area contributed by atoms with E-state index in [1.807, 2.05) is 24.3 Å². The van der Waals surface area contributed by atoms with E-state index in [2.05, 4.69) is 22.6 Å². The van der Waals surface area contributed by atoms with E-state index in [4.69, 9.17) is 9.47 Å². The Hall–Kier alpha value is -2.97. The van der Waals surface area contributed by atoms with E-state index < -0.39 is 5.82 Å². The molecule has 0 atom stereocenters. The highest BCUT2D eigenvalue weighted by Crippen LogP contribution is 2.15. The van der Waals surface area contributed by atoms with Crippen LogP contribution < -0.4 is 15.4 Å². The van der Waals surface area contributed by atoms with Crippen molar-refractivity contribution in [3.8, 4) is 5.75 Å². The Morgan fingerprint density at radius 1 is 1.06 bits per heavy atom. The van der Waals surface area contributed by atoms with Crippen molar-refractivity contribution in [2.45, 2.75) is 31.8 Å². The van der Waals surface area contributed by atoms with Gasteiger partial charge in [-0.15, -0.1) is 0 Å². The fourth-order valence-corrected chi connectivity index (χ4v) is 3.70. The van der Waals surface area contributed by atoms with Gasteiger partial charge < -0.3 is 20.1 Å². The lowest BCUT2D eigenvalue weighted by molar-refractivity contribution is -0.125. The number of benzene rings is 2. The van der Waals surface area contributed by atoms with E-state index in [1.165, 1.54) is 12.1 Å². The maximum atomic E-state index is 13.2. The number of nitrogens with one attached hydrogen (secondary N) is 2. The third-order valence-corrected chi connectivity index (χ3v) is 5.61. The zero-order valence-corrected chi connectivity index (χ0v) is 19.0. The van der Waals surface area contributed by atoms with Crippen LogP contribution in [-0.4, -0.2) is 62.7 Å². The average Bonchev–Trinajstić information content (AvgIpc) is 2.82. The van der Waals surface area contributed by atoms with Crippen molar-refractivity contribution in [3.63, 3.8) is 0 Å². The summed E-state index contributed by atoms with van der Waals surface area (Å²) in [6, 6.07) is 14.0. The molecule has 3 rings (SSSR count). The van der Waals surface area contributed by atoms with Gasteiger partial charge in [0.15, 0.2) is 0 Å². The molecule has 0 radical (unpaired) electrons. The van der Waals surface area contributed by atoms with Crippen LogP contribution in [0, 0.1) is 5.82 Å². The Morgan fingerprint density at radius 2 is 1.82 bits per heavy atom. The summed E-state index contributed by atoms with van der Waals surface area (Å²) in [4.78, 5) is 26.3. The summed E-state index contributed by atoms with van der Waals surface area (Å²) in [6.45, 7) is 3.25. The van der Waals surface area contributed by atoms with Crippen molar-refractivity contribution in [1.82, 2.24) is 15.5 Å². The number of halogens is 1. The molecule has 178 valence electrons. The van der Waals surface area contributed by atoms with Gasteiger partial charge in [0, 0.05) is 32.3 Å². The van der Waals surface area contributed by atoms with E-state index in [1.54, 1.807) is 12.1 Å². The van der Waals surface area contributed by atoms with Crippen LogP contribution in [0.4, 0.5) is 4.39 Å². The molecule has 1 fully saturated rings. The third kappa shape index (κ3) is 8.82. The quantitative estimate of drug-likeness (QED) is 0.541. The number of hydrogen-bond donors (Lipinski definition) is 2. The summed E-state index contributed by atoms with van der Waals surface area (Å²) in [7, 11) is 2.11. The minimum Gasteiger partial charge on any atom is -0.492 e. The number of ether oxygens (including phenoxy) is 2. The second-order valence-corrected chi connectivity index (χ2v) is 8.18. The molecule has 33 heavy (non-hydrogen) atoms. The summed E-state index contributed by atoms with van der Waals surface area (Å²) >= 11 is 0. The topological polar surface area (TPSA) is 79.9 Å². The van der Waals surface area contributed by atoms with Crippen LogP contribution in [0.3, 0.4) is 0 Å². The molecule has 0 spiro atoms. The van der Waals surface area contributed by atoms with E-state index in [-0.39, 0.29) is 24.8 Å². The predicted octanol–water partition coefficient (Wildman–Crippen LogP) is 2.29. The van der Waals surface area contributed by atoms with Crippen LogP contribution in [0.2, 0.25) is 0 Å². The second-order valence-electron chi connectivity index (χ2n) is 8.18. The van der Waals surface area contributed by atoms with Crippen molar-refractivity contribution in [2.24, 2.45) is 0 Å². The van der Waals surface area contributed by atoms with Crippen LogP contribution >= 0.6 is 0 Å². The summed E-state index contributed by atoms with van der Waals surface area (Å²) in [5, 5.41) is 5.34. The first-order valence-corrected chi connectivity index (χ1v) is 11.3. The van der Waals surface area contributed by atoms with E-state index in [0.717, 1.165) is 43.9 Å². The van der Waals surface area contributed by atoms with E-state index in [9.17, 15) is 14.0 Å². The lowest BCUT2D eigenvalue weighted by atomic mass is 10.1. The van der Waals surface area contributed by atoms with Crippen LogP contribution in [0.5, 0.6) is 5.75 Å². The number of nitrogens with zero attached hydrogens (tertiary/aromatic N) is 1. The molecule has 0 unspecified atom stereocenters. The molecule has 2 aromatic rings. The van der Waals surface area contributed by atoms with Crippen LogP contribution in [0.15, 0.2) is 48.5 Å². The maximum Gasteiger partial charge on any atom is 0.239 e. The van der Waals surface area contributed by atoms with Crippen molar-refractivity contribution >= 4 is 11.8 Å². The molecule has 0 aromatic heterocycles. The smallest absolute Gasteiger partial charge is 0.239 e. The molecule has 0 bridgehead atoms. The molecule has 0 saturated carbocycles. The Bertz CT molecular complexity index is 918. The van der Waals surface area contributed by atoms with Gasteiger partial charge in [-0.1, -0.05) is 24.3 Å². The molecule has 1 heterocycles. The Labute approximate surface area is 194 Å². The first-order valence-electron chi connectivity index (χ1n) is 11.3. The monoisotopic (exact) mass is 457 g/mol. The van der Waals surface area contributed by atoms with Crippen molar-refractivity contribution < 1.29 is 23.5 Å². The van der Waals surface area contributed by atoms with Gasteiger partial charge in [0.1, 0.15) is 18.2 Å². The van der Waals surface area contributed by atoms with Gasteiger partial charge in [-0.3, -0.25) is 14.5 Å². The van der Waals surface area contributed by atoms with Gasteiger partial charge in [0.2, 0.25) is 11.8 Å². The number of amides is 2. The first kappa shape index (κ1) is 24.7. The summed E-state index contributed by atoms with van der Waals surface area (Å²) < 4.78 is 24.5. The zero-order chi connectivity index (χ0) is 23.5. The second kappa shape index (κ2) is 12.9. The zero-order valence-electron chi connectivity index (χ0n) is 19.0. The molecule has 1 saturated heterocycles. The largest absolute Gasteiger partial charge is 0.492 e. The molecule has 1 aliphatic heterocycles. The van der Waals surface area contributed by atoms with Crippen molar-refractivity contribution in [1.29, 1.82) is 0 Å². The Balaban J connectivity index is 1.34. The Morgan fingerprint density at radius 3 is 2.61 bits per heavy atom. The fourth-order valence-electron chi connectivity index (χ4n) is 3.70. The number of carbonyl (C=O) groups is 2. The summed E-state index contributed by atoms with van der Waals surface area (Å²) in [5.74, 6) is -0.273. The molecular formula is C25H32FN3O4. The van der Waals surface area contributed by atoms with Gasteiger partial charge in [-0.2, -0.15) is 0 Å². The molecule has 2 N–H and O–H groups in total. The fraction of sp³-hybridized carbons (Fsp3) is 0.440. The molecular weight excluding hydrogens is 425 g/mol. The third-order valence-electron chi connectivity index (χ3n) is 5.61. The van der Waals surface area contributed by atoms with Crippen LogP contribution in [0.1, 0.15) is 24.0 Å². The standard InChI is InChI=1S/C25H32FN3O4/c1-29(22-8-11-32-12-9-22)10-13-33-23-7-3-5-20(15-23)17-27-25(31)18-28-24(30)16-19-4-2-6-21(26)14-19/h2-7,14-15,22H,8-13,16-18H2,1H3,(H,27,31)(H,28,30). The van der Waals surface area contributed by atoms with Gasteiger partial charge in [-0.05, 0) is 55.3 Å². The van der Waals surface area contributed by atoms with Gasteiger partial charge >= 0.3 is 0 Å². The molecule has 2 aromatic carbocycles. The van der Waals surface area contributed by atoms with Crippen molar-refractivity contribution in [2.75, 3.05) is 40.0 Å². The average molecular weight is 458 g/mol. The lowest BCUT2D eigenvalue weighted by Gasteiger charge is -2.31. The molecule has 0 aliphatic carbocycles. The highest BCUT2D eigenvalue weighted by molar-refractivity contribution is 5.85. The molecule has 8 heteroatoms. The number of hydrogen-bond acceptors (Lipinski definition) is 5. The normalized spacial score (nSPS) is 14.2. The number of likely N-dealkylation sites (N-methyl/N-ethyl adjacent to an activating group) is 1. The maximum absolute atomic E-state index is 13.2. The summed E-state index contributed by atoms with van der Waals surface area (Å²) in [6.07, 6.45) is 2.13. The SMILES string of the molecule is CN(CCOc1cccc(CNC(=O)CNC(=O)Cc2cccc(F)c2)c1)C1CCOCC1. The van der Waals surface area contributed by atoms with Gasteiger partial charge in [0.25, 0.3) is 0 Å². The molecule has 7 nitrogen and oxygen atoms in total. The minimum atomic E-state index is -0.393. The van der Waals surface area contributed by atoms with Crippen molar-refractivity contribution in [3.05, 3.63) is 65.5 Å². The first-order chi connectivity index (χ1) is 16.0. The highest BCUT2D eigenvalue weighted by Gasteiger charge is 2.18. The van der Waals surface area contributed by atoms with E-state index in [0.29, 0.717) is 24.8 Å². The van der Waals surface area contributed by atoms with Gasteiger partial charge in [-0.25, -0.2) is 4.39 Å². The Kier molecular flexibility index (Phi) is 9.65. The predicted molar refractivity (Wildman–Crippen MR) is 123 cm³/mol. The van der Waals surface area contributed by atoms with Crippen LogP contribution in [0.25, 0.3) is 0 Å². The highest BCUT2D eigenvalue weighted by atomic mass is 19.1. The molecule has 2 amide bonds. The minimum absolute atomic E-state index is 0.0220. The number of rotatable bonds is 11. The van der Waals surface area contributed by atoms with Crippen LogP contribution in [-0.2, 0) is 27.3 Å². The van der Waals surface area contributed by atoms with Gasteiger partial charge in [0.05, 0.1) is 13.0 Å². The van der Waals surface area contributed by atoms with E-state index >= 15 is 0 Å².